The van der Waals surface area contributed by atoms with Crippen LogP contribution in [0.25, 0.3) is 0 Å². The van der Waals surface area contributed by atoms with E-state index in [2.05, 4.69) is 19.2 Å². The van der Waals surface area contributed by atoms with E-state index in [0.717, 1.165) is 6.54 Å². The fraction of sp³-hybridized carbons (Fsp3) is 1.00. The molecule has 0 heterocycles. The summed E-state index contributed by atoms with van der Waals surface area (Å²) in [6.45, 7) is 6.64. The second kappa shape index (κ2) is 10.6. The van der Waals surface area contributed by atoms with Crippen LogP contribution < -0.4 is 5.32 Å². The molecular weight excluding hydrogens is 238 g/mol. The van der Waals surface area contributed by atoms with Gasteiger partial charge in [0.25, 0.3) is 0 Å². The molecule has 0 aliphatic heterocycles. The van der Waals surface area contributed by atoms with Crippen molar-refractivity contribution in [1.29, 1.82) is 0 Å². The molecule has 0 bridgehead atoms. The molecule has 0 amide bonds. The Morgan fingerprint density at radius 1 is 1.21 bits per heavy atom. The first-order valence-electron chi connectivity index (χ1n) is 8.24. The van der Waals surface area contributed by atoms with Gasteiger partial charge in [-0.05, 0) is 31.7 Å². The van der Waals surface area contributed by atoms with Crippen molar-refractivity contribution < 1.29 is 9.84 Å². The first-order valence-corrected chi connectivity index (χ1v) is 8.24. The summed E-state index contributed by atoms with van der Waals surface area (Å²) >= 11 is 0. The Bertz CT molecular complexity index is 211. The Labute approximate surface area is 119 Å². The van der Waals surface area contributed by atoms with E-state index >= 15 is 0 Å². The van der Waals surface area contributed by atoms with Crippen molar-refractivity contribution in [1.82, 2.24) is 5.32 Å². The van der Waals surface area contributed by atoms with E-state index in [-0.39, 0.29) is 6.10 Å². The van der Waals surface area contributed by atoms with Gasteiger partial charge in [-0.15, -0.1) is 0 Å². The van der Waals surface area contributed by atoms with Crippen LogP contribution in [-0.4, -0.2) is 37.0 Å². The lowest BCUT2D eigenvalue weighted by Crippen LogP contribution is -2.34. The fourth-order valence-electron chi connectivity index (χ4n) is 2.77. The number of nitrogens with one attached hydrogen (secondary N) is 1. The highest BCUT2D eigenvalue weighted by atomic mass is 16.5. The molecule has 1 saturated carbocycles. The molecular formula is C16H33NO2. The molecule has 3 atom stereocenters. The molecule has 0 aromatic heterocycles. The first-order chi connectivity index (χ1) is 9.24. The molecule has 1 fully saturated rings. The number of hydrogen-bond acceptors (Lipinski definition) is 3. The summed E-state index contributed by atoms with van der Waals surface area (Å²) in [5.74, 6) is 0.656. The molecule has 3 nitrogen and oxygen atoms in total. The molecule has 114 valence electrons. The average molecular weight is 271 g/mol. The number of rotatable bonds is 10. The Morgan fingerprint density at radius 2 is 2.00 bits per heavy atom. The molecule has 0 aromatic rings. The van der Waals surface area contributed by atoms with Gasteiger partial charge in [-0.25, -0.2) is 0 Å². The van der Waals surface area contributed by atoms with Gasteiger partial charge in [0, 0.05) is 6.54 Å². The second-order valence-corrected chi connectivity index (χ2v) is 6.05. The minimum atomic E-state index is -0.361. The molecule has 3 heteroatoms. The highest BCUT2D eigenvalue weighted by Gasteiger charge is 2.22. The lowest BCUT2D eigenvalue weighted by molar-refractivity contribution is -0.0451. The van der Waals surface area contributed by atoms with Crippen LogP contribution in [-0.2, 0) is 4.74 Å². The van der Waals surface area contributed by atoms with E-state index in [1.54, 1.807) is 0 Å². The van der Waals surface area contributed by atoms with Crippen LogP contribution in [0.4, 0.5) is 0 Å². The maximum absolute atomic E-state index is 9.88. The SMILES string of the molecule is CCCCCCNC[C@H](O)CO[C@@H]1CCCC[C@H]1C. The highest BCUT2D eigenvalue weighted by molar-refractivity contribution is 4.73. The number of unbranched alkanes of at least 4 members (excludes halogenated alkanes) is 3. The van der Waals surface area contributed by atoms with Crippen molar-refractivity contribution in [3.8, 4) is 0 Å². The summed E-state index contributed by atoms with van der Waals surface area (Å²) in [6, 6.07) is 0. The number of hydrogen-bond donors (Lipinski definition) is 2. The zero-order chi connectivity index (χ0) is 13.9. The summed E-state index contributed by atoms with van der Waals surface area (Å²) < 4.78 is 5.86. The normalized spacial score (nSPS) is 25.4. The molecule has 0 radical (unpaired) electrons. The quantitative estimate of drug-likeness (QED) is 0.600. The Balaban J connectivity index is 1.96. The van der Waals surface area contributed by atoms with E-state index in [9.17, 15) is 5.11 Å². The average Bonchev–Trinajstić information content (AvgIpc) is 2.42. The van der Waals surface area contributed by atoms with Crippen LogP contribution in [0.2, 0.25) is 0 Å². The third-order valence-corrected chi connectivity index (χ3v) is 4.12. The molecule has 0 spiro atoms. The number of ether oxygens (including phenoxy) is 1. The van der Waals surface area contributed by atoms with E-state index < -0.39 is 0 Å². The van der Waals surface area contributed by atoms with Crippen molar-refractivity contribution >= 4 is 0 Å². The zero-order valence-electron chi connectivity index (χ0n) is 12.9. The molecule has 19 heavy (non-hydrogen) atoms. The zero-order valence-corrected chi connectivity index (χ0v) is 12.9. The predicted molar refractivity (Wildman–Crippen MR) is 80.4 cm³/mol. The third kappa shape index (κ3) is 7.91. The summed E-state index contributed by atoms with van der Waals surface area (Å²) in [5, 5.41) is 13.2. The Kier molecular flexibility index (Phi) is 9.48. The highest BCUT2D eigenvalue weighted by Crippen LogP contribution is 2.26. The van der Waals surface area contributed by atoms with Crippen LogP contribution in [0.5, 0.6) is 0 Å². The van der Waals surface area contributed by atoms with Gasteiger partial charge >= 0.3 is 0 Å². The monoisotopic (exact) mass is 271 g/mol. The maximum Gasteiger partial charge on any atom is 0.0897 e. The largest absolute Gasteiger partial charge is 0.389 e. The lowest BCUT2D eigenvalue weighted by Gasteiger charge is -2.29. The van der Waals surface area contributed by atoms with Crippen molar-refractivity contribution in [2.45, 2.75) is 77.4 Å². The topological polar surface area (TPSA) is 41.5 Å². The van der Waals surface area contributed by atoms with Crippen LogP contribution in [0.3, 0.4) is 0 Å². The summed E-state index contributed by atoms with van der Waals surface area (Å²) in [4.78, 5) is 0. The molecule has 1 aliphatic rings. The van der Waals surface area contributed by atoms with Gasteiger partial charge < -0.3 is 15.2 Å². The second-order valence-electron chi connectivity index (χ2n) is 6.05. The third-order valence-electron chi connectivity index (χ3n) is 4.12. The van der Waals surface area contributed by atoms with E-state index in [1.165, 1.54) is 51.4 Å². The maximum atomic E-state index is 9.88. The summed E-state index contributed by atoms with van der Waals surface area (Å²) in [7, 11) is 0. The van der Waals surface area contributed by atoms with Gasteiger partial charge in [-0.3, -0.25) is 0 Å². The van der Waals surface area contributed by atoms with Crippen molar-refractivity contribution in [2.24, 2.45) is 5.92 Å². The molecule has 1 rings (SSSR count). The molecule has 0 unspecified atom stereocenters. The summed E-state index contributed by atoms with van der Waals surface area (Å²) in [6.07, 6.45) is 10.1. The standard InChI is InChI=1S/C16H33NO2/c1-3-4-5-8-11-17-12-15(18)13-19-16-10-7-6-9-14(16)2/h14-18H,3-13H2,1-2H3/t14-,15+,16-/m1/s1. The van der Waals surface area contributed by atoms with Crippen molar-refractivity contribution in [3.05, 3.63) is 0 Å². The smallest absolute Gasteiger partial charge is 0.0897 e. The van der Waals surface area contributed by atoms with Gasteiger partial charge in [-0.1, -0.05) is 46.0 Å². The van der Waals surface area contributed by atoms with Gasteiger partial charge in [-0.2, -0.15) is 0 Å². The fourth-order valence-corrected chi connectivity index (χ4v) is 2.77. The van der Waals surface area contributed by atoms with E-state index in [4.69, 9.17) is 4.74 Å². The van der Waals surface area contributed by atoms with E-state index in [1.807, 2.05) is 0 Å². The van der Waals surface area contributed by atoms with Crippen LogP contribution in [0, 0.1) is 5.92 Å². The minimum absolute atomic E-state index is 0.361. The van der Waals surface area contributed by atoms with Crippen molar-refractivity contribution in [3.63, 3.8) is 0 Å². The van der Waals surface area contributed by atoms with Gasteiger partial charge in [0.15, 0.2) is 0 Å². The molecule has 1 aliphatic carbocycles. The van der Waals surface area contributed by atoms with Gasteiger partial charge in [0.05, 0.1) is 18.8 Å². The number of aliphatic hydroxyl groups excluding tert-OH is 1. The van der Waals surface area contributed by atoms with Crippen LogP contribution >= 0.6 is 0 Å². The Hall–Kier alpha value is -0.120. The lowest BCUT2D eigenvalue weighted by atomic mass is 9.88. The van der Waals surface area contributed by atoms with Gasteiger partial charge in [0.2, 0.25) is 0 Å². The Morgan fingerprint density at radius 3 is 2.74 bits per heavy atom. The molecule has 0 aromatic carbocycles. The molecule has 0 saturated heterocycles. The van der Waals surface area contributed by atoms with Crippen molar-refractivity contribution in [2.75, 3.05) is 19.7 Å². The van der Waals surface area contributed by atoms with Crippen LogP contribution in [0.1, 0.15) is 65.2 Å². The first kappa shape index (κ1) is 16.9. The van der Waals surface area contributed by atoms with Gasteiger partial charge in [0.1, 0.15) is 0 Å². The van der Waals surface area contributed by atoms with Crippen LogP contribution in [0.15, 0.2) is 0 Å². The summed E-state index contributed by atoms with van der Waals surface area (Å²) in [5.41, 5.74) is 0. The van der Waals surface area contributed by atoms with E-state index in [0.29, 0.717) is 25.2 Å². The predicted octanol–water partition coefficient (Wildman–Crippen LogP) is 3.11. The number of aliphatic hydroxyl groups is 1. The minimum Gasteiger partial charge on any atom is -0.389 e. The molecule has 2 N–H and O–H groups in total.